The van der Waals surface area contributed by atoms with Crippen molar-refractivity contribution in [2.45, 2.75) is 38.3 Å². The highest BCUT2D eigenvalue weighted by molar-refractivity contribution is 4.83. The van der Waals surface area contributed by atoms with Gasteiger partial charge in [0.05, 0.1) is 6.61 Å². The van der Waals surface area contributed by atoms with Crippen molar-refractivity contribution in [3.63, 3.8) is 0 Å². The highest BCUT2D eigenvalue weighted by Gasteiger charge is 2.24. The molecule has 2 unspecified atom stereocenters. The molecule has 13 heavy (non-hydrogen) atoms. The van der Waals surface area contributed by atoms with Crippen molar-refractivity contribution in [1.29, 1.82) is 0 Å². The van der Waals surface area contributed by atoms with E-state index in [2.05, 4.69) is 11.9 Å². The van der Waals surface area contributed by atoms with Gasteiger partial charge in [-0.2, -0.15) is 0 Å². The van der Waals surface area contributed by atoms with Crippen LogP contribution >= 0.6 is 0 Å². The van der Waals surface area contributed by atoms with Crippen LogP contribution in [0.5, 0.6) is 0 Å². The maximum atomic E-state index is 5.86. The van der Waals surface area contributed by atoms with Gasteiger partial charge in [-0.25, -0.2) is 0 Å². The molecule has 3 heteroatoms. The van der Waals surface area contributed by atoms with Gasteiger partial charge in [-0.15, -0.1) is 0 Å². The Morgan fingerprint density at radius 3 is 2.77 bits per heavy atom. The van der Waals surface area contributed by atoms with Crippen LogP contribution in [0.1, 0.15) is 26.2 Å². The van der Waals surface area contributed by atoms with E-state index in [1.165, 1.54) is 12.8 Å². The van der Waals surface area contributed by atoms with Crippen molar-refractivity contribution in [2.24, 2.45) is 5.73 Å². The van der Waals surface area contributed by atoms with E-state index >= 15 is 0 Å². The molecule has 78 valence electrons. The average molecular weight is 186 g/mol. The van der Waals surface area contributed by atoms with Gasteiger partial charge < -0.3 is 15.4 Å². The lowest BCUT2D eigenvalue weighted by Gasteiger charge is -2.23. The summed E-state index contributed by atoms with van der Waals surface area (Å²) in [5.74, 6) is 0. The molecule has 0 amide bonds. The van der Waals surface area contributed by atoms with Crippen LogP contribution in [0.3, 0.4) is 0 Å². The Labute approximate surface area is 81.2 Å². The van der Waals surface area contributed by atoms with Gasteiger partial charge in [0, 0.05) is 25.2 Å². The number of hydrogen-bond donors (Lipinski definition) is 1. The van der Waals surface area contributed by atoms with Gasteiger partial charge in [-0.1, -0.05) is 0 Å². The van der Waals surface area contributed by atoms with Gasteiger partial charge in [0.25, 0.3) is 0 Å². The van der Waals surface area contributed by atoms with Gasteiger partial charge in [0.15, 0.2) is 0 Å². The van der Waals surface area contributed by atoms with E-state index in [4.69, 9.17) is 10.5 Å². The molecule has 1 rings (SSSR count). The van der Waals surface area contributed by atoms with E-state index in [-0.39, 0.29) is 0 Å². The van der Waals surface area contributed by atoms with E-state index in [0.29, 0.717) is 12.1 Å². The molecule has 3 nitrogen and oxygen atoms in total. The zero-order valence-electron chi connectivity index (χ0n) is 8.83. The largest absolute Gasteiger partial charge is 0.380 e. The van der Waals surface area contributed by atoms with Crippen molar-refractivity contribution in [2.75, 3.05) is 26.8 Å². The third-order valence-electron chi connectivity index (χ3n) is 2.86. The number of ether oxygens (including phenoxy) is 1. The lowest BCUT2D eigenvalue weighted by atomic mass is 10.2. The minimum Gasteiger partial charge on any atom is -0.380 e. The Morgan fingerprint density at radius 2 is 2.23 bits per heavy atom. The standard InChI is InChI=1S/C10H22N2O/c1-3-13-7-6-12(2)10-5-4-9(11)8-10/h9-10H,3-8,11H2,1-2H3. The zero-order chi connectivity index (χ0) is 9.68. The summed E-state index contributed by atoms with van der Waals surface area (Å²) >= 11 is 0. The van der Waals surface area contributed by atoms with Crippen molar-refractivity contribution in [3.8, 4) is 0 Å². The van der Waals surface area contributed by atoms with Crippen LogP contribution in [0.4, 0.5) is 0 Å². The summed E-state index contributed by atoms with van der Waals surface area (Å²) < 4.78 is 5.32. The van der Waals surface area contributed by atoms with Gasteiger partial charge in [-0.05, 0) is 33.2 Å². The molecule has 0 aromatic carbocycles. The fraction of sp³-hybridized carbons (Fsp3) is 1.00. The average Bonchev–Trinajstić information content (AvgIpc) is 2.52. The summed E-state index contributed by atoms with van der Waals surface area (Å²) in [4.78, 5) is 2.38. The summed E-state index contributed by atoms with van der Waals surface area (Å²) in [6.45, 7) is 4.73. The van der Waals surface area contributed by atoms with E-state index in [1.54, 1.807) is 0 Å². The second kappa shape index (κ2) is 5.58. The van der Waals surface area contributed by atoms with Crippen molar-refractivity contribution < 1.29 is 4.74 Å². The molecule has 0 radical (unpaired) electrons. The molecule has 0 aromatic heterocycles. The van der Waals surface area contributed by atoms with Crippen LogP contribution in [0.25, 0.3) is 0 Å². The Morgan fingerprint density at radius 1 is 1.46 bits per heavy atom. The first-order chi connectivity index (χ1) is 6.24. The van der Waals surface area contributed by atoms with E-state index in [0.717, 1.165) is 26.2 Å². The van der Waals surface area contributed by atoms with Gasteiger partial charge in [0.1, 0.15) is 0 Å². The molecule has 0 heterocycles. The molecule has 1 aliphatic carbocycles. The van der Waals surface area contributed by atoms with E-state index < -0.39 is 0 Å². The van der Waals surface area contributed by atoms with Crippen LogP contribution in [0.2, 0.25) is 0 Å². The predicted octanol–water partition coefficient (Wildman–Crippen LogP) is 0.835. The smallest absolute Gasteiger partial charge is 0.0593 e. The van der Waals surface area contributed by atoms with Crippen LogP contribution < -0.4 is 5.73 Å². The highest BCUT2D eigenvalue weighted by atomic mass is 16.5. The Hall–Kier alpha value is -0.120. The second-order valence-electron chi connectivity index (χ2n) is 3.90. The molecule has 0 saturated heterocycles. The predicted molar refractivity (Wildman–Crippen MR) is 54.7 cm³/mol. The fourth-order valence-corrected chi connectivity index (χ4v) is 1.93. The van der Waals surface area contributed by atoms with Crippen LogP contribution in [-0.2, 0) is 4.74 Å². The number of nitrogens with two attached hydrogens (primary N) is 1. The monoisotopic (exact) mass is 186 g/mol. The maximum absolute atomic E-state index is 5.86. The Kier molecular flexibility index (Phi) is 4.70. The molecule has 0 bridgehead atoms. The third-order valence-corrected chi connectivity index (χ3v) is 2.86. The minimum atomic E-state index is 0.430. The molecule has 2 N–H and O–H groups in total. The number of rotatable bonds is 5. The highest BCUT2D eigenvalue weighted by Crippen LogP contribution is 2.21. The van der Waals surface area contributed by atoms with Crippen LogP contribution in [0, 0.1) is 0 Å². The second-order valence-corrected chi connectivity index (χ2v) is 3.90. The molecule has 2 atom stereocenters. The molecule has 0 spiro atoms. The summed E-state index contributed by atoms with van der Waals surface area (Å²) in [5.41, 5.74) is 5.86. The van der Waals surface area contributed by atoms with Gasteiger partial charge >= 0.3 is 0 Å². The lowest BCUT2D eigenvalue weighted by molar-refractivity contribution is 0.108. The SMILES string of the molecule is CCOCCN(C)C1CCC(N)C1. The van der Waals surface area contributed by atoms with Crippen LogP contribution in [0.15, 0.2) is 0 Å². The molecule has 1 aliphatic rings. The molecule has 1 fully saturated rings. The maximum Gasteiger partial charge on any atom is 0.0593 e. The van der Waals surface area contributed by atoms with E-state index in [1.807, 2.05) is 6.92 Å². The normalized spacial score (nSPS) is 28.6. The molecule has 0 aromatic rings. The van der Waals surface area contributed by atoms with E-state index in [9.17, 15) is 0 Å². The first-order valence-electron chi connectivity index (χ1n) is 5.27. The first-order valence-corrected chi connectivity index (χ1v) is 5.27. The van der Waals surface area contributed by atoms with Crippen LogP contribution in [-0.4, -0.2) is 43.8 Å². The third kappa shape index (κ3) is 3.63. The molecular formula is C10H22N2O. The molecule has 0 aliphatic heterocycles. The summed E-state index contributed by atoms with van der Waals surface area (Å²) in [6, 6.07) is 1.12. The fourth-order valence-electron chi connectivity index (χ4n) is 1.93. The van der Waals surface area contributed by atoms with Crippen molar-refractivity contribution >= 4 is 0 Å². The molecule has 1 saturated carbocycles. The number of nitrogens with zero attached hydrogens (tertiary/aromatic N) is 1. The topological polar surface area (TPSA) is 38.5 Å². The quantitative estimate of drug-likeness (QED) is 0.646. The molecular weight excluding hydrogens is 164 g/mol. The summed E-state index contributed by atoms with van der Waals surface area (Å²) in [5, 5.41) is 0. The minimum absolute atomic E-state index is 0.430. The lowest BCUT2D eigenvalue weighted by Crippen LogP contribution is -2.33. The van der Waals surface area contributed by atoms with Gasteiger partial charge in [0.2, 0.25) is 0 Å². The zero-order valence-corrected chi connectivity index (χ0v) is 8.83. The Bertz CT molecular complexity index is 141. The number of hydrogen-bond acceptors (Lipinski definition) is 3. The van der Waals surface area contributed by atoms with Crippen molar-refractivity contribution in [3.05, 3.63) is 0 Å². The van der Waals surface area contributed by atoms with Gasteiger partial charge in [-0.3, -0.25) is 0 Å². The first kappa shape index (κ1) is 11.0. The Balaban J connectivity index is 2.12. The summed E-state index contributed by atoms with van der Waals surface area (Å²) in [7, 11) is 2.17. The van der Waals surface area contributed by atoms with Crippen molar-refractivity contribution in [1.82, 2.24) is 4.90 Å². The number of likely N-dealkylation sites (N-methyl/N-ethyl adjacent to an activating group) is 1. The summed E-state index contributed by atoms with van der Waals surface area (Å²) in [6.07, 6.45) is 3.59.